The summed E-state index contributed by atoms with van der Waals surface area (Å²) in [4.78, 5) is 4.95. The Morgan fingerprint density at radius 2 is 1.82 bits per heavy atom. The highest BCUT2D eigenvalue weighted by molar-refractivity contribution is 7.99. The van der Waals surface area contributed by atoms with E-state index in [4.69, 9.17) is 0 Å². The molecule has 168 valence electrons. The highest BCUT2D eigenvalue weighted by Gasteiger charge is 2.23. The third kappa shape index (κ3) is 4.95. The molecule has 0 aromatic heterocycles. The van der Waals surface area contributed by atoms with Crippen molar-refractivity contribution in [1.82, 2.24) is 5.32 Å². The number of benzene rings is 3. The fraction of sp³-hybridized carbons (Fsp3) is 0.167. The molecule has 1 unspecified atom stereocenters. The van der Waals surface area contributed by atoms with Gasteiger partial charge in [-0.3, -0.25) is 0 Å². The van der Waals surface area contributed by atoms with Gasteiger partial charge < -0.3 is 10.2 Å². The molecule has 0 fully saturated rings. The van der Waals surface area contributed by atoms with Gasteiger partial charge in [0.2, 0.25) is 0 Å². The van der Waals surface area contributed by atoms with E-state index < -0.39 is 0 Å². The predicted octanol–water partition coefficient (Wildman–Crippen LogP) is 7.48. The Balaban J connectivity index is 1.57. The van der Waals surface area contributed by atoms with E-state index in [2.05, 4.69) is 107 Å². The fourth-order valence-electron chi connectivity index (χ4n) is 4.50. The zero-order valence-electron chi connectivity index (χ0n) is 19.0. The SMILES string of the molecule is N#CC1=CCNC(c2cccc(N(c3ccccc3Sc3ccccc3)C3C=CCCC3)c2)=C1. The van der Waals surface area contributed by atoms with Crippen molar-refractivity contribution >= 4 is 28.8 Å². The van der Waals surface area contributed by atoms with Crippen molar-refractivity contribution in [1.29, 1.82) is 5.26 Å². The Morgan fingerprint density at radius 1 is 0.971 bits per heavy atom. The van der Waals surface area contributed by atoms with E-state index in [1.54, 1.807) is 11.8 Å². The highest BCUT2D eigenvalue weighted by Crippen LogP contribution is 2.41. The molecule has 1 atom stereocenters. The largest absolute Gasteiger partial charge is 0.381 e. The minimum absolute atomic E-state index is 0.296. The summed E-state index contributed by atoms with van der Waals surface area (Å²) in [6.07, 6.45) is 12.0. The van der Waals surface area contributed by atoms with Crippen LogP contribution in [-0.4, -0.2) is 12.6 Å². The summed E-state index contributed by atoms with van der Waals surface area (Å²) in [5, 5.41) is 12.8. The molecule has 0 saturated heterocycles. The van der Waals surface area contributed by atoms with Gasteiger partial charge in [-0.1, -0.05) is 66.4 Å². The molecular weight excluding hydrogens is 434 g/mol. The zero-order valence-corrected chi connectivity index (χ0v) is 19.8. The molecule has 1 heterocycles. The third-order valence-corrected chi connectivity index (χ3v) is 7.21. The number of nitriles is 1. The number of hydrogen-bond acceptors (Lipinski definition) is 4. The van der Waals surface area contributed by atoms with Crippen LogP contribution >= 0.6 is 11.8 Å². The molecule has 0 radical (unpaired) electrons. The summed E-state index contributed by atoms with van der Waals surface area (Å²) in [5.74, 6) is 0. The summed E-state index contributed by atoms with van der Waals surface area (Å²) in [6.45, 7) is 0.671. The van der Waals surface area contributed by atoms with Crippen LogP contribution < -0.4 is 10.2 Å². The highest BCUT2D eigenvalue weighted by atomic mass is 32.2. The van der Waals surface area contributed by atoms with Gasteiger partial charge >= 0.3 is 0 Å². The van der Waals surface area contributed by atoms with Crippen LogP contribution in [0.2, 0.25) is 0 Å². The lowest BCUT2D eigenvalue weighted by Crippen LogP contribution is -2.31. The number of allylic oxidation sites excluding steroid dienone is 3. The minimum atomic E-state index is 0.296. The molecule has 1 aliphatic carbocycles. The maximum atomic E-state index is 9.36. The lowest BCUT2D eigenvalue weighted by atomic mass is 9.99. The standard InChI is InChI=1S/C30H27N3S/c31-22-23-18-19-32-28(20-23)24-10-9-13-26(21-24)33(25-11-3-1-4-12-25)29-16-7-8-17-30(29)34-27-14-5-2-6-15-27/h2-3,5-11,13-18,20-21,25,32H,1,4,12,19H2. The molecule has 0 saturated carbocycles. The topological polar surface area (TPSA) is 39.1 Å². The van der Waals surface area contributed by atoms with E-state index in [0.717, 1.165) is 29.8 Å². The molecule has 0 spiro atoms. The Hall–Kier alpha value is -3.68. The number of nitrogens with zero attached hydrogens (tertiary/aromatic N) is 2. The first-order valence-electron chi connectivity index (χ1n) is 11.8. The van der Waals surface area contributed by atoms with E-state index in [-0.39, 0.29) is 0 Å². The molecule has 4 heteroatoms. The first-order chi connectivity index (χ1) is 16.8. The monoisotopic (exact) mass is 461 g/mol. The third-order valence-electron chi connectivity index (χ3n) is 6.14. The van der Waals surface area contributed by atoms with Gasteiger partial charge in [-0.15, -0.1) is 0 Å². The maximum absolute atomic E-state index is 9.36. The van der Waals surface area contributed by atoms with E-state index in [1.165, 1.54) is 21.9 Å². The van der Waals surface area contributed by atoms with Crippen molar-refractivity contribution in [2.75, 3.05) is 11.4 Å². The normalized spacial score (nSPS) is 17.2. The smallest absolute Gasteiger partial charge is 0.0989 e. The van der Waals surface area contributed by atoms with Gasteiger partial charge in [0.15, 0.2) is 0 Å². The molecule has 1 N–H and O–H groups in total. The van der Waals surface area contributed by atoms with E-state index in [1.807, 2.05) is 12.2 Å². The molecule has 3 aromatic carbocycles. The van der Waals surface area contributed by atoms with Crippen molar-refractivity contribution < 1.29 is 0 Å². The summed E-state index contributed by atoms with van der Waals surface area (Å²) in [7, 11) is 0. The molecule has 3 aromatic rings. The van der Waals surface area contributed by atoms with Gasteiger partial charge in [-0.05, 0) is 73.4 Å². The predicted molar refractivity (Wildman–Crippen MR) is 142 cm³/mol. The Kier molecular flexibility index (Phi) is 6.84. The van der Waals surface area contributed by atoms with Gasteiger partial charge in [0.25, 0.3) is 0 Å². The second-order valence-electron chi connectivity index (χ2n) is 8.44. The molecule has 0 amide bonds. The van der Waals surface area contributed by atoms with Gasteiger partial charge in [0, 0.05) is 27.7 Å². The Labute approximate surface area is 206 Å². The molecule has 5 rings (SSSR count). The lowest BCUT2D eigenvalue weighted by Gasteiger charge is -2.35. The Bertz CT molecular complexity index is 1280. The van der Waals surface area contributed by atoms with Crippen LogP contribution in [0.5, 0.6) is 0 Å². The summed E-state index contributed by atoms with van der Waals surface area (Å²) in [6, 6.07) is 30.5. The van der Waals surface area contributed by atoms with Crippen LogP contribution in [0.15, 0.2) is 119 Å². The van der Waals surface area contributed by atoms with Gasteiger partial charge in [-0.25, -0.2) is 0 Å². The number of rotatable bonds is 6. The average Bonchev–Trinajstić information content (AvgIpc) is 2.91. The zero-order chi connectivity index (χ0) is 23.2. The van der Waals surface area contributed by atoms with Crippen molar-refractivity contribution in [3.8, 4) is 6.07 Å². The van der Waals surface area contributed by atoms with Crippen LogP contribution in [0.3, 0.4) is 0 Å². The summed E-state index contributed by atoms with van der Waals surface area (Å²) < 4.78 is 0. The van der Waals surface area contributed by atoms with Crippen molar-refractivity contribution in [2.24, 2.45) is 0 Å². The minimum Gasteiger partial charge on any atom is -0.381 e. The van der Waals surface area contributed by atoms with Gasteiger partial charge in [-0.2, -0.15) is 5.26 Å². The Morgan fingerprint density at radius 3 is 2.65 bits per heavy atom. The average molecular weight is 462 g/mol. The second kappa shape index (κ2) is 10.5. The van der Waals surface area contributed by atoms with Crippen molar-refractivity contribution in [3.05, 3.63) is 114 Å². The van der Waals surface area contributed by atoms with Crippen LogP contribution in [-0.2, 0) is 0 Å². The molecule has 2 aliphatic rings. The second-order valence-corrected chi connectivity index (χ2v) is 9.56. The molecular formula is C30H27N3S. The molecule has 0 bridgehead atoms. The number of dihydropyridines is 1. The lowest BCUT2D eigenvalue weighted by molar-refractivity contribution is 0.629. The molecule has 3 nitrogen and oxygen atoms in total. The van der Waals surface area contributed by atoms with E-state index in [9.17, 15) is 5.26 Å². The number of nitrogens with one attached hydrogen (secondary N) is 1. The quantitative estimate of drug-likeness (QED) is 0.386. The van der Waals surface area contributed by atoms with Crippen molar-refractivity contribution in [3.63, 3.8) is 0 Å². The van der Waals surface area contributed by atoms with Crippen LogP contribution in [0.4, 0.5) is 11.4 Å². The van der Waals surface area contributed by atoms with Crippen LogP contribution in [0.25, 0.3) is 5.70 Å². The number of hydrogen-bond donors (Lipinski definition) is 1. The van der Waals surface area contributed by atoms with Crippen LogP contribution in [0, 0.1) is 11.3 Å². The van der Waals surface area contributed by atoms with E-state index >= 15 is 0 Å². The number of para-hydroxylation sites is 1. The summed E-state index contributed by atoms with van der Waals surface area (Å²) in [5.41, 5.74) is 5.17. The van der Waals surface area contributed by atoms with Gasteiger partial charge in [0.05, 0.1) is 23.4 Å². The van der Waals surface area contributed by atoms with Gasteiger partial charge in [0.1, 0.15) is 0 Å². The van der Waals surface area contributed by atoms with E-state index in [0.29, 0.717) is 18.2 Å². The maximum Gasteiger partial charge on any atom is 0.0989 e. The summed E-state index contributed by atoms with van der Waals surface area (Å²) >= 11 is 1.80. The first kappa shape index (κ1) is 22.1. The molecule has 1 aliphatic heterocycles. The number of anilines is 2. The van der Waals surface area contributed by atoms with Crippen molar-refractivity contribution in [2.45, 2.75) is 35.1 Å². The van der Waals surface area contributed by atoms with Crippen LogP contribution in [0.1, 0.15) is 24.8 Å². The first-order valence-corrected chi connectivity index (χ1v) is 12.6. The fourth-order valence-corrected chi connectivity index (χ4v) is 5.46. The molecule has 34 heavy (non-hydrogen) atoms.